The van der Waals surface area contributed by atoms with Gasteiger partial charge in [0.25, 0.3) is 0 Å². The van der Waals surface area contributed by atoms with E-state index in [0.717, 1.165) is 26.2 Å². The van der Waals surface area contributed by atoms with Crippen LogP contribution in [0.15, 0.2) is 30.3 Å². The van der Waals surface area contributed by atoms with Crippen LogP contribution in [0.2, 0.25) is 0 Å². The van der Waals surface area contributed by atoms with Crippen molar-refractivity contribution in [3.05, 3.63) is 36.0 Å². The molecule has 3 heteroatoms. The van der Waals surface area contributed by atoms with E-state index in [0.29, 0.717) is 6.04 Å². The van der Waals surface area contributed by atoms with Crippen LogP contribution in [0.4, 0.5) is 0 Å². The Bertz CT molecular complexity index is 438. The molecular weight excluding hydrogens is 200 g/mol. The van der Waals surface area contributed by atoms with E-state index in [1.54, 1.807) is 0 Å². The molecule has 3 rings (SSSR count). The number of nitrogens with one attached hydrogen (secondary N) is 2. The zero-order valence-corrected chi connectivity index (χ0v) is 9.20. The van der Waals surface area contributed by atoms with Gasteiger partial charge in [-0.15, -0.1) is 0 Å². The van der Waals surface area contributed by atoms with Crippen LogP contribution < -0.4 is 5.32 Å². The van der Waals surface area contributed by atoms with E-state index in [1.807, 2.05) is 0 Å². The summed E-state index contributed by atoms with van der Waals surface area (Å²) in [6.45, 7) is 2.61. The molecule has 1 aliphatic rings. The molecule has 0 aliphatic carbocycles. The molecule has 1 fully saturated rings. The Balaban J connectivity index is 1.78. The number of hydrogen-bond acceptors (Lipinski definition) is 2. The van der Waals surface area contributed by atoms with Gasteiger partial charge in [0.1, 0.15) is 0 Å². The fourth-order valence-corrected chi connectivity index (χ4v) is 2.26. The number of para-hydroxylation sites is 1. The second kappa shape index (κ2) is 4.28. The van der Waals surface area contributed by atoms with E-state index < -0.39 is 0 Å². The second-order valence-electron chi connectivity index (χ2n) is 4.31. The molecular formula is C13H16N2O. The third kappa shape index (κ3) is 1.96. The lowest BCUT2D eigenvalue weighted by Crippen LogP contribution is -2.42. The first-order valence-electron chi connectivity index (χ1n) is 5.79. The summed E-state index contributed by atoms with van der Waals surface area (Å²) >= 11 is 0. The summed E-state index contributed by atoms with van der Waals surface area (Å²) in [5.74, 6) is 0. The first-order valence-corrected chi connectivity index (χ1v) is 5.79. The summed E-state index contributed by atoms with van der Waals surface area (Å²) in [5.41, 5.74) is 2.50. The highest BCUT2D eigenvalue weighted by atomic mass is 16.5. The van der Waals surface area contributed by atoms with Gasteiger partial charge in [0.2, 0.25) is 0 Å². The van der Waals surface area contributed by atoms with Crippen molar-refractivity contribution in [2.24, 2.45) is 0 Å². The van der Waals surface area contributed by atoms with Crippen LogP contribution in [0.5, 0.6) is 0 Å². The van der Waals surface area contributed by atoms with Gasteiger partial charge in [-0.1, -0.05) is 18.2 Å². The fraction of sp³-hybridized carbons (Fsp3) is 0.385. The highest BCUT2D eigenvalue weighted by Gasteiger charge is 2.14. The van der Waals surface area contributed by atoms with Crippen molar-refractivity contribution in [2.75, 3.05) is 19.8 Å². The molecule has 2 N–H and O–H groups in total. The zero-order valence-electron chi connectivity index (χ0n) is 9.20. The number of rotatable bonds is 2. The lowest BCUT2D eigenvalue weighted by molar-refractivity contribution is 0.0768. The maximum atomic E-state index is 5.45. The van der Waals surface area contributed by atoms with Crippen LogP contribution >= 0.6 is 0 Å². The number of aromatic nitrogens is 1. The molecule has 1 aromatic heterocycles. The molecule has 0 bridgehead atoms. The molecule has 84 valence electrons. The minimum Gasteiger partial charge on any atom is -0.379 e. The lowest BCUT2D eigenvalue weighted by Gasteiger charge is -2.23. The van der Waals surface area contributed by atoms with Crippen molar-refractivity contribution in [1.82, 2.24) is 10.3 Å². The van der Waals surface area contributed by atoms with Crippen molar-refractivity contribution in [3.8, 4) is 0 Å². The summed E-state index contributed by atoms with van der Waals surface area (Å²) in [6.07, 6.45) is 1.01. The van der Waals surface area contributed by atoms with Crippen LogP contribution in [0.25, 0.3) is 10.9 Å². The molecule has 16 heavy (non-hydrogen) atoms. The van der Waals surface area contributed by atoms with E-state index in [4.69, 9.17) is 4.74 Å². The summed E-state index contributed by atoms with van der Waals surface area (Å²) in [5, 5.41) is 4.75. The molecule has 2 heterocycles. The number of aromatic amines is 1. The number of morpholine rings is 1. The molecule has 0 amide bonds. The molecule has 0 spiro atoms. The number of ether oxygens (including phenoxy) is 1. The van der Waals surface area contributed by atoms with E-state index in [1.165, 1.54) is 16.6 Å². The highest BCUT2D eigenvalue weighted by Crippen LogP contribution is 2.16. The minimum atomic E-state index is 0.446. The predicted octanol–water partition coefficient (Wildman–Crippen LogP) is 1.70. The molecule has 1 unspecified atom stereocenters. The van der Waals surface area contributed by atoms with Gasteiger partial charge in [0, 0.05) is 30.2 Å². The molecule has 1 aliphatic heterocycles. The highest BCUT2D eigenvalue weighted by molar-refractivity contribution is 5.80. The predicted molar refractivity (Wildman–Crippen MR) is 64.6 cm³/mol. The summed E-state index contributed by atoms with van der Waals surface area (Å²) in [7, 11) is 0. The molecule has 0 radical (unpaired) electrons. The summed E-state index contributed by atoms with van der Waals surface area (Å²) in [4.78, 5) is 3.45. The van der Waals surface area contributed by atoms with Crippen molar-refractivity contribution in [3.63, 3.8) is 0 Å². The second-order valence-corrected chi connectivity index (χ2v) is 4.31. The SMILES string of the molecule is c1ccc2[nH]c(CC3COCCN3)cc2c1. The Morgan fingerprint density at radius 1 is 1.31 bits per heavy atom. The first-order chi connectivity index (χ1) is 7.92. The lowest BCUT2D eigenvalue weighted by atomic mass is 10.1. The zero-order chi connectivity index (χ0) is 10.8. The summed E-state index contributed by atoms with van der Waals surface area (Å²) in [6, 6.07) is 11.1. The van der Waals surface area contributed by atoms with E-state index >= 15 is 0 Å². The molecule has 1 aromatic carbocycles. The van der Waals surface area contributed by atoms with Gasteiger partial charge in [-0.3, -0.25) is 0 Å². The van der Waals surface area contributed by atoms with Gasteiger partial charge in [0.05, 0.1) is 13.2 Å². The van der Waals surface area contributed by atoms with Crippen LogP contribution in [0.3, 0.4) is 0 Å². The van der Waals surface area contributed by atoms with Crippen LogP contribution in [0.1, 0.15) is 5.69 Å². The van der Waals surface area contributed by atoms with Gasteiger partial charge in [-0.05, 0) is 17.5 Å². The van der Waals surface area contributed by atoms with Gasteiger partial charge >= 0.3 is 0 Å². The normalized spacial score (nSPS) is 21.4. The molecule has 3 nitrogen and oxygen atoms in total. The van der Waals surface area contributed by atoms with Crippen molar-refractivity contribution < 1.29 is 4.74 Å². The summed E-state index contributed by atoms with van der Waals surface area (Å²) < 4.78 is 5.45. The number of hydrogen-bond donors (Lipinski definition) is 2. The van der Waals surface area contributed by atoms with Crippen molar-refractivity contribution in [1.29, 1.82) is 0 Å². The van der Waals surface area contributed by atoms with Crippen LogP contribution in [-0.2, 0) is 11.2 Å². The van der Waals surface area contributed by atoms with E-state index in [9.17, 15) is 0 Å². The van der Waals surface area contributed by atoms with Gasteiger partial charge in [0.15, 0.2) is 0 Å². The smallest absolute Gasteiger partial charge is 0.0624 e. The quantitative estimate of drug-likeness (QED) is 0.801. The largest absolute Gasteiger partial charge is 0.379 e. The Morgan fingerprint density at radius 3 is 3.06 bits per heavy atom. The number of benzene rings is 1. The van der Waals surface area contributed by atoms with Crippen molar-refractivity contribution in [2.45, 2.75) is 12.5 Å². The van der Waals surface area contributed by atoms with Gasteiger partial charge in [-0.2, -0.15) is 0 Å². The third-order valence-corrected chi connectivity index (χ3v) is 3.05. The molecule has 1 saturated heterocycles. The van der Waals surface area contributed by atoms with Gasteiger partial charge < -0.3 is 15.0 Å². The number of fused-ring (bicyclic) bond motifs is 1. The Kier molecular flexibility index (Phi) is 2.64. The molecule has 2 aromatic rings. The van der Waals surface area contributed by atoms with E-state index in [2.05, 4.69) is 40.6 Å². The molecule has 1 atom stereocenters. The van der Waals surface area contributed by atoms with Gasteiger partial charge in [-0.25, -0.2) is 0 Å². The fourth-order valence-electron chi connectivity index (χ4n) is 2.26. The Morgan fingerprint density at radius 2 is 2.25 bits per heavy atom. The standard InChI is InChI=1S/C13H16N2O/c1-2-4-13-10(3-1)7-11(15-13)8-12-9-16-6-5-14-12/h1-4,7,12,14-15H,5-6,8-9H2. The minimum absolute atomic E-state index is 0.446. The first kappa shape index (κ1) is 9.87. The average Bonchev–Trinajstić information content (AvgIpc) is 2.72. The monoisotopic (exact) mass is 216 g/mol. The topological polar surface area (TPSA) is 37.0 Å². The molecule has 0 saturated carbocycles. The number of H-pyrrole nitrogens is 1. The maximum absolute atomic E-state index is 5.45. The van der Waals surface area contributed by atoms with Crippen molar-refractivity contribution >= 4 is 10.9 Å². The third-order valence-electron chi connectivity index (χ3n) is 3.05. The Hall–Kier alpha value is -1.32. The average molecular weight is 216 g/mol. The Labute approximate surface area is 94.8 Å². The van der Waals surface area contributed by atoms with E-state index in [-0.39, 0.29) is 0 Å². The van der Waals surface area contributed by atoms with Crippen LogP contribution in [0, 0.1) is 0 Å². The van der Waals surface area contributed by atoms with Crippen LogP contribution in [-0.4, -0.2) is 30.8 Å². The maximum Gasteiger partial charge on any atom is 0.0624 e.